The molecule has 0 amide bonds. The SMILES string of the molecule is COc1ccc(CNc2ccnc(Nc3ccccc3N3CCOCC3)n2)cc1. The first-order valence-electron chi connectivity index (χ1n) is 9.70. The minimum absolute atomic E-state index is 0.561. The molecular weight excluding hydrogens is 366 g/mol. The molecule has 4 rings (SSSR count). The van der Waals surface area contributed by atoms with Crippen molar-refractivity contribution in [3.05, 3.63) is 66.4 Å². The monoisotopic (exact) mass is 391 g/mol. The first-order chi connectivity index (χ1) is 14.3. The molecule has 29 heavy (non-hydrogen) atoms. The summed E-state index contributed by atoms with van der Waals surface area (Å²) in [6.07, 6.45) is 1.75. The number of ether oxygens (including phenoxy) is 2. The number of anilines is 4. The Morgan fingerprint density at radius 3 is 2.62 bits per heavy atom. The Bertz CT molecular complexity index is 926. The Labute approximate surface area is 170 Å². The lowest BCUT2D eigenvalue weighted by atomic mass is 10.2. The second-order valence-corrected chi connectivity index (χ2v) is 6.71. The Morgan fingerprint density at radius 1 is 1.03 bits per heavy atom. The first kappa shape index (κ1) is 19.0. The number of hydrogen-bond donors (Lipinski definition) is 2. The lowest BCUT2D eigenvalue weighted by molar-refractivity contribution is 0.123. The van der Waals surface area contributed by atoms with Gasteiger partial charge in [0.15, 0.2) is 0 Å². The highest BCUT2D eigenvalue weighted by molar-refractivity contribution is 5.73. The molecule has 0 atom stereocenters. The Hall–Kier alpha value is -3.32. The van der Waals surface area contributed by atoms with Gasteiger partial charge >= 0.3 is 0 Å². The van der Waals surface area contributed by atoms with Crippen LogP contribution in [-0.2, 0) is 11.3 Å². The van der Waals surface area contributed by atoms with Gasteiger partial charge in [0.2, 0.25) is 5.95 Å². The van der Waals surface area contributed by atoms with Crippen LogP contribution in [0.3, 0.4) is 0 Å². The van der Waals surface area contributed by atoms with E-state index in [0.29, 0.717) is 12.5 Å². The van der Waals surface area contributed by atoms with E-state index in [-0.39, 0.29) is 0 Å². The molecule has 1 saturated heterocycles. The topological polar surface area (TPSA) is 71.5 Å². The zero-order valence-electron chi connectivity index (χ0n) is 16.5. The molecular formula is C22H25N5O2. The van der Waals surface area contributed by atoms with Crippen molar-refractivity contribution < 1.29 is 9.47 Å². The van der Waals surface area contributed by atoms with E-state index in [9.17, 15) is 0 Å². The molecule has 1 aromatic heterocycles. The Balaban J connectivity index is 1.44. The zero-order chi connectivity index (χ0) is 19.9. The maximum absolute atomic E-state index is 5.47. The van der Waals surface area contributed by atoms with E-state index in [1.807, 2.05) is 48.5 Å². The molecule has 0 spiro atoms. The molecule has 2 heterocycles. The summed E-state index contributed by atoms with van der Waals surface area (Å²) in [5, 5.41) is 6.71. The molecule has 1 aliphatic heterocycles. The lowest BCUT2D eigenvalue weighted by Crippen LogP contribution is -2.36. The van der Waals surface area contributed by atoms with Crippen molar-refractivity contribution >= 4 is 23.1 Å². The number of methoxy groups -OCH3 is 1. The van der Waals surface area contributed by atoms with Crippen LogP contribution in [-0.4, -0.2) is 43.4 Å². The molecule has 0 saturated carbocycles. The van der Waals surface area contributed by atoms with Gasteiger partial charge in [0.1, 0.15) is 11.6 Å². The van der Waals surface area contributed by atoms with E-state index >= 15 is 0 Å². The molecule has 7 heteroatoms. The lowest BCUT2D eigenvalue weighted by Gasteiger charge is -2.30. The van der Waals surface area contributed by atoms with Crippen molar-refractivity contribution in [1.82, 2.24) is 9.97 Å². The molecule has 3 aromatic rings. The summed E-state index contributed by atoms with van der Waals surface area (Å²) in [4.78, 5) is 11.3. The van der Waals surface area contributed by atoms with E-state index in [2.05, 4.69) is 31.6 Å². The van der Waals surface area contributed by atoms with Gasteiger partial charge in [-0.05, 0) is 35.9 Å². The molecule has 0 radical (unpaired) electrons. The van der Waals surface area contributed by atoms with E-state index in [1.165, 1.54) is 0 Å². The summed E-state index contributed by atoms with van der Waals surface area (Å²) in [7, 11) is 1.67. The third-order valence-electron chi connectivity index (χ3n) is 4.79. The Morgan fingerprint density at radius 2 is 1.83 bits per heavy atom. The number of hydrogen-bond acceptors (Lipinski definition) is 7. The highest BCUT2D eigenvalue weighted by atomic mass is 16.5. The van der Waals surface area contributed by atoms with E-state index in [0.717, 1.165) is 54.8 Å². The van der Waals surface area contributed by atoms with Crippen molar-refractivity contribution in [1.29, 1.82) is 0 Å². The summed E-state index contributed by atoms with van der Waals surface area (Å²) in [6, 6.07) is 18.0. The number of benzene rings is 2. The van der Waals surface area contributed by atoms with Gasteiger partial charge in [-0.15, -0.1) is 0 Å². The standard InChI is InChI=1S/C22H25N5O2/c1-28-18-8-6-17(7-9-18)16-24-21-10-11-23-22(26-21)25-19-4-2-3-5-20(19)27-12-14-29-15-13-27/h2-11H,12-16H2,1H3,(H2,23,24,25,26). The Kier molecular flexibility index (Phi) is 6.07. The summed E-state index contributed by atoms with van der Waals surface area (Å²) in [6.45, 7) is 3.92. The fraction of sp³-hybridized carbons (Fsp3) is 0.273. The average molecular weight is 391 g/mol. The number of nitrogens with zero attached hydrogens (tertiary/aromatic N) is 3. The minimum Gasteiger partial charge on any atom is -0.497 e. The van der Waals surface area contributed by atoms with Gasteiger partial charge in [-0.25, -0.2) is 4.98 Å². The minimum atomic E-state index is 0.561. The molecule has 2 N–H and O–H groups in total. The number of para-hydroxylation sites is 2. The first-order valence-corrected chi connectivity index (χ1v) is 9.70. The van der Waals surface area contributed by atoms with Crippen LogP contribution in [0.25, 0.3) is 0 Å². The fourth-order valence-corrected chi connectivity index (χ4v) is 3.23. The second kappa shape index (κ2) is 9.25. The summed E-state index contributed by atoms with van der Waals surface area (Å²) >= 11 is 0. The van der Waals surface area contributed by atoms with Gasteiger partial charge in [0.25, 0.3) is 0 Å². The number of nitrogens with one attached hydrogen (secondary N) is 2. The van der Waals surface area contributed by atoms with Crippen molar-refractivity contribution in [2.75, 3.05) is 48.9 Å². The van der Waals surface area contributed by atoms with Crippen molar-refractivity contribution in [2.24, 2.45) is 0 Å². The van der Waals surface area contributed by atoms with Crippen LogP contribution in [0.5, 0.6) is 5.75 Å². The predicted molar refractivity (Wildman–Crippen MR) is 115 cm³/mol. The third-order valence-corrected chi connectivity index (χ3v) is 4.79. The van der Waals surface area contributed by atoms with Gasteiger partial charge < -0.3 is 25.0 Å². The largest absolute Gasteiger partial charge is 0.497 e. The van der Waals surface area contributed by atoms with Crippen LogP contribution >= 0.6 is 0 Å². The highest BCUT2D eigenvalue weighted by Crippen LogP contribution is 2.28. The summed E-state index contributed by atoms with van der Waals surface area (Å²) in [5.41, 5.74) is 3.27. The van der Waals surface area contributed by atoms with Crippen molar-refractivity contribution in [3.8, 4) is 5.75 Å². The van der Waals surface area contributed by atoms with Crippen molar-refractivity contribution in [3.63, 3.8) is 0 Å². The molecule has 0 bridgehead atoms. The van der Waals surface area contributed by atoms with Crippen LogP contribution in [0, 0.1) is 0 Å². The summed E-state index contributed by atoms with van der Waals surface area (Å²) in [5.74, 6) is 2.17. The van der Waals surface area contributed by atoms with Crippen LogP contribution in [0.4, 0.5) is 23.1 Å². The molecule has 1 aliphatic rings. The highest BCUT2D eigenvalue weighted by Gasteiger charge is 2.15. The second-order valence-electron chi connectivity index (χ2n) is 6.71. The van der Waals surface area contributed by atoms with Gasteiger partial charge in [0.05, 0.1) is 31.7 Å². The molecule has 0 unspecified atom stereocenters. The van der Waals surface area contributed by atoms with Gasteiger partial charge in [-0.2, -0.15) is 4.98 Å². The van der Waals surface area contributed by atoms with E-state index in [4.69, 9.17) is 9.47 Å². The molecule has 150 valence electrons. The quantitative estimate of drug-likeness (QED) is 0.637. The molecule has 1 fully saturated rings. The van der Waals surface area contributed by atoms with Crippen molar-refractivity contribution in [2.45, 2.75) is 6.54 Å². The van der Waals surface area contributed by atoms with Crippen LogP contribution in [0.15, 0.2) is 60.8 Å². The molecule has 7 nitrogen and oxygen atoms in total. The fourth-order valence-electron chi connectivity index (χ4n) is 3.23. The van der Waals surface area contributed by atoms with Gasteiger partial charge in [-0.3, -0.25) is 0 Å². The van der Waals surface area contributed by atoms with E-state index in [1.54, 1.807) is 13.3 Å². The number of rotatable bonds is 7. The maximum Gasteiger partial charge on any atom is 0.229 e. The maximum atomic E-state index is 5.47. The zero-order valence-corrected chi connectivity index (χ0v) is 16.5. The smallest absolute Gasteiger partial charge is 0.229 e. The molecule has 0 aliphatic carbocycles. The normalized spacial score (nSPS) is 13.8. The van der Waals surface area contributed by atoms with Crippen LogP contribution in [0.2, 0.25) is 0 Å². The van der Waals surface area contributed by atoms with Crippen LogP contribution in [0.1, 0.15) is 5.56 Å². The van der Waals surface area contributed by atoms with Gasteiger partial charge in [-0.1, -0.05) is 24.3 Å². The third kappa shape index (κ3) is 4.94. The summed E-state index contributed by atoms with van der Waals surface area (Å²) < 4.78 is 10.7. The average Bonchev–Trinajstić information content (AvgIpc) is 2.79. The molecule has 2 aromatic carbocycles. The predicted octanol–water partition coefficient (Wildman–Crippen LogP) is 3.68. The number of morpholine rings is 1. The number of aromatic nitrogens is 2. The van der Waals surface area contributed by atoms with E-state index < -0.39 is 0 Å². The van der Waals surface area contributed by atoms with Gasteiger partial charge in [0, 0.05) is 25.8 Å². The van der Waals surface area contributed by atoms with Crippen LogP contribution < -0.4 is 20.3 Å².